The lowest BCUT2D eigenvalue weighted by atomic mass is 10.2. The predicted molar refractivity (Wildman–Crippen MR) is 57.2 cm³/mol. The molecule has 1 rings (SSSR count). The maximum absolute atomic E-state index is 11.4. The number of carbonyl (C=O) groups excluding carboxylic acids is 1. The summed E-state index contributed by atoms with van der Waals surface area (Å²) in [6, 6.07) is 3.86. The first-order chi connectivity index (χ1) is 7.15. The standard InChI is InChI=1S/C10H17N3O2/c1-13(10(15)9(14)7-11)6-4-8-3-2-5-12-8/h2-3,5,9,12,14H,4,6-7,11H2,1H3. The van der Waals surface area contributed by atoms with Gasteiger partial charge < -0.3 is 20.7 Å². The second-order valence-electron chi connectivity index (χ2n) is 3.46. The summed E-state index contributed by atoms with van der Waals surface area (Å²) in [7, 11) is 1.66. The highest BCUT2D eigenvalue weighted by atomic mass is 16.3. The number of hydrogen-bond donors (Lipinski definition) is 3. The van der Waals surface area contributed by atoms with E-state index in [9.17, 15) is 9.90 Å². The molecule has 0 aliphatic rings. The Labute approximate surface area is 88.9 Å². The van der Waals surface area contributed by atoms with Crippen molar-refractivity contribution in [1.82, 2.24) is 9.88 Å². The second kappa shape index (κ2) is 5.53. The third kappa shape index (κ3) is 3.38. The number of nitrogens with two attached hydrogens (primary N) is 1. The Balaban J connectivity index is 2.35. The monoisotopic (exact) mass is 211 g/mol. The largest absolute Gasteiger partial charge is 0.382 e. The lowest BCUT2D eigenvalue weighted by Gasteiger charge is -2.19. The van der Waals surface area contributed by atoms with Crippen molar-refractivity contribution in [2.45, 2.75) is 12.5 Å². The third-order valence-electron chi connectivity index (χ3n) is 2.26. The minimum atomic E-state index is -1.08. The minimum Gasteiger partial charge on any atom is -0.382 e. The molecule has 4 N–H and O–H groups in total. The van der Waals surface area contributed by atoms with Crippen LogP contribution in [0.5, 0.6) is 0 Å². The first kappa shape index (κ1) is 11.7. The zero-order valence-corrected chi connectivity index (χ0v) is 8.81. The van der Waals surface area contributed by atoms with Gasteiger partial charge in [0.2, 0.25) is 0 Å². The van der Waals surface area contributed by atoms with Crippen LogP contribution in [0.25, 0.3) is 0 Å². The molecular formula is C10H17N3O2. The molecule has 0 fully saturated rings. The van der Waals surface area contributed by atoms with E-state index in [0.29, 0.717) is 6.54 Å². The van der Waals surface area contributed by atoms with Crippen LogP contribution in [-0.2, 0) is 11.2 Å². The molecule has 84 valence electrons. The zero-order chi connectivity index (χ0) is 11.3. The van der Waals surface area contributed by atoms with Gasteiger partial charge in [0, 0.05) is 38.4 Å². The number of aromatic amines is 1. The van der Waals surface area contributed by atoms with Gasteiger partial charge in [-0.1, -0.05) is 0 Å². The summed E-state index contributed by atoms with van der Waals surface area (Å²) in [5.74, 6) is -0.330. The second-order valence-corrected chi connectivity index (χ2v) is 3.46. The van der Waals surface area contributed by atoms with Gasteiger partial charge in [-0.25, -0.2) is 0 Å². The summed E-state index contributed by atoms with van der Waals surface area (Å²) in [4.78, 5) is 16.0. The number of carbonyl (C=O) groups is 1. The number of nitrogens with zero attached hydrogens (tertiary/aromatic N) is 1. The molecule has 0 aliphatic heterocycles. The lowest BCUT2D eigenvalue weighted by molar-refractivity contribution is -0.138. The molecule has 1 aromatic heterocycles. The zero-order valence-electron chi connectivity index (χ0n) is 8.81. The van der Waals surface area contributed by atoms with Crippen LogP contribution >= 0.6 is 0 Å². The maximum Gasteiger partial charge on any atom is 0.252 e. The van der Waals surface area contributed by atoms with Gasteiger partial charge in [0.25, 0.3) is 5.91 Å². The molecule has 1 unspecified atom stereocenters. The number of amides is 1. The van der Waals surface area contributed by atoms with E-state index in [2.05, 4.69) is 4.98 Å². The number of likely N-dealkylation sites (N-methyl/N-ethyl adjacent to an activating group) is 1. The van der Waals surface area contributed by atoms with Crippen LogP contribution in [-0.4, -0.2) is 47.1 Å². The Kier molecular flexibility index (Phi) is 4.33. The molecule has 5 nitrogen and oxygen atoms in total. The number of rotatable bonds is 5. The highest BCUT2D eigenvalue weighted by Crippen LogP contribution is 1.98. The van der Waals surface area contributed by atoms with Crippen molar-refractivity contribution in [3.63, 3.8) is 0 Å². The average molecular weight is 211 g/mol. The molecule has 1 aromatic rings. The molecule has 0 radical (unpaired) electrons. The van der Waals surface area contributed by atoms with E-state index < -0.39 is 6.10 Å². The van der Waals surface area contributed by atoms with Gasteiger partial charge >= 0.3 is 0 Å². The number of nitrogens with one attached hydrogen (secondary N) is 1. The van der Waals surface area contributed by atoms with E-state index in [4.69, 9.17) is 5.73 Å². The van der Waals surface area contributed by atoms with Crippen LogP contribution < -0.4 is 5.73 Å². The van der Waals surface area contributed by atoms with Gasteiger partial charge in [-0.15, -0.1) is 0 Å². The molecular weight excluding hydrogens is 194 g/mol. The molecule has 5 heteroatoms. The van der Waals surface area contributed by atoms with Crippen molar-refractivity contribution in [2.24, 2.45) is 5.73 Å². The Hall–Kier alpha value is -1.33. The fourth-order valence-electron chi connectivity index (χ4n) is 1.28. The maximum atomic E-state index is 11.4. The molecule has 0 aromatic carbocycles. The molecule has 0 spiro atoms. The molecule has 0 aliphatic carbocycles. The van der Waals surface area contributed by atoms with Crippen molar-refractivity contribution >= 4 is 5.91 Å². The summed E-state index contributed by atoms with van der Waals surface area (Å²) in [6.07, 6.45) is 1.50. The SMILES string of the molecule is CN(CCc1ccc[nH]1)C(=O)C(O)CN. The Morgan fingerprint density at radius 2 is 2.47 bits per heavy atom. The molecule has 1 atom stereocenters. The van der Waals surface area contributed by atoms with Crippen LogP contribution in [0.2, 0.25) is 0 Å². The van der Waals surface area contributed by atoms with Crippen molar-refractivity contribution in [3.8, 4) is 0 Å². The van der Waals surface area contributed by atoms with Gasteiger partial charge in [-0.3, -0.25) is 4.79 Å². The Morgan fingerprint density at radius 1 is 1.73 bits per heavy atom. The average Bonchev–Trinajstić information content (AvgIpc) is 2.76. The van der Waals surface area contributed by atoms with Crippen molar-refractivity contribution in [2.75, 3.05) is 20.1 Å². The third-order valence-corrected chi connectivity index (χ3v) is 2.26. The summed E-state index contributed by atoms with van der Waals surface area (Å²) >= 11 is 0. The Morgan fingerprint density at radius 3 is 3.00 bits per heavy atom. The van der Waals surface area contributed by atoms with E-state index in [1.165, 1.54) is 4.90 Å². The number of H-pyrrole nitrogens is 1. The molecule has 0 saturated carbocycles. The number of aliphatic hydroxyl groups is 1. The molecule has 0 bridgehead atoms. The lowest BCUT2D eigenvalue weighted by Crippen LogP contribution is -2.41. The van der Waals surface area contributed by atoms with E-state index in [1.54, 1.807) is 7.05 Å². The first-order valence-electron chi connectivity index (χ1n) is 4.90. The van der Waals surface area contributed by atoms with Crippen molar-refractivity contribution < 1.29 is 9.90 Å². The summed E-state index contributed by atoms with van der Waals surface area (Å²) in [5.41, 5.74) is 6.26. The molecule has 1 heterocycles. The fourth-order valence-corrected chi connectivity index (χ4v) is 1.28. The summed E-state index contributed by atoms with van der Waals surface area (Å²) in [6.45, 7) is 0.530. The number of aliphatic hydroxyl groups excluding tert-OH is 1. The topological polar surface area (TPSA) is 82.3 Å². The number of hydrogen-bond acceptors (Lipinski definition) is 3. The summed E-state index contributed by atoms with van der Waals surface area (Å²) < 4.78 is 0. The van der Waals surface area contributed by atoms with E-state index in [-0.39, 0.29) is 12.5 Å². The van der Waals surface area contributed by atoms with E-state index >= 15 is 0 Å². The van der Waals surface area contributed by atoms with Crippen molar-refractivity contribution in [3.05, 3.63) is 24.0 Å². The molecule has 0 saturated heterocycles. The van der Waals surface area contributed by atoms with Gasteiger partial charge in [-0.05, 0) is 12.1 Å². The van der Waals surface area contributed by atoms with Gasteiger partial charge in [0.15, 0.2) is 0 Å². The molecule has 15 heavy (non-hydrogen) atoms. The summed E-state index contributed by atoms with van der Waals surface area (Å²) in [5, 5.41) is 9.23. The predicted octanol–water partition coefficient (Wildman–Crippen LogP) is -0.665. The number of aromatic nitrogens is 1. The van der Waals surface area contributed by atoms with Gasteiger partial charge in [-0.2, -0.15) is 0 Å². The van der Waals surface area contributed by atoms with Crippen LogP contribution in [0.15, 0.2) is 18.3 Å². The minimum absolute atomic E-state index is 0.0360. The highest BCUT2D eigenvalue weighted by molar-refractivity contribution is 5.80. The van der Waals surface area contributed by atoms with Crippen LogP contribution in [0.3, 0.4) is 0 Å². The van der Waals surface area contributed by atoms with Gasteiger partial charge in [0.1, 0.15) is 6.10 Å². The van der Waals surface area contributed by atoms with Crippen LogP contribution in [0.1, 0.15) is 5.69 Å². The highest BCUT2D eigenvalue weighted by Gasteiger charge is 2.17. The van der Waals surface area contributed by atoms with Crippen LogP contribution in [0.4, 0.5) is 0 Å². The van der Waals surface area contributed by atoms with Gasteiger partial charge in [0.05, 0.1) is 0 Å². The van der Waals surface area contributed by atoms with E-state index in [1.807, 2.05) is 18.3 Å². The smallest absolute Gasteiger partial charge is 0.252 e. The fraction of sp³-hybridized carbons (Fsp3) is 0.500. The quantitative estimate of drug-likeness (QED) is 0.604. The van der Waals surface area contributed by atoms with Crippen LogP contribution in [0, 0.1) is 0 Å². The van der Waals surface area contributed by atoms with E-state index in [0.717, 1.165) is 12.1 Å². The normalized spacial score (nSPS) is 12.5. The Bertz CT molecular complexity index is 298. The first-order valence-corrected chi connectivity index (χ1v) is 4.90. The molecule has 1 amide bonds. The van der Waals surface area contributed by atoms with Crippen molar-refractivity contribution in [1.29, 1.82) is 0 Å².